The Morgan fingerprint density at radius 1 is 1.14 bits per heavy atom. The van der Waals surface area contributed by atoms with E-state index in [-0.39, 0.29) is 6.42 Å². The van der Waals surface area contributed by atoms with Crippen LogP contribution in [-0.4, -0.2) is 127 Å². The highest BCUT2D eigenvalue weighted by Crippen LogP contribution is 2.30. The van der Waals surface area contributed by atoms with Crippen LogP contribution in [0.2, 0.25) is 0 Å². The Labute approximate surface area is 198 Å². The van der Waals surface area contributed by atoms with Crippen molar-refractivity contribution in [1.29, 1.82) is 0 Å². The fraction of sp³-hybridized carbons (Fsp3) is 0.667. The van der Waals surface area contributed by atoms with Crippen molar-refractivity contribution in [2.75, 3.05) is 19.8 Å². The Kier molecular flexibility index (Phi) is 9.11. The number of benzene rings is 1. The second-order valence-corrected chi connectivity index (χ2v) is 8.57. The van der Waals surface area contributed by atoms with E-state index in [0.717, 1.165) is 12.1 Å². The maximum Gasteiger partial charge on any atom is 0.321 e. The summed E-state index contributed by atoms with van der Waals surface area (Å²) in [7, 11) is 0. The standard InChI is InChI=1S/C21H30FNO12/c22-10-3-1-9(2-4-10)5-11(19(30)31)23-8-21(32)18(29)17(12(25)7-33-21)35-20-16(28)15(27)14(26)13(6-24)34-20/h1-4,11-18,20,23-29,32H,5-8H2,(H,30,31). The molecular weight excluding hydrogens is 477 g/mol. The van der Waals surface area contributed by atoms with Crippen molar-refractivity contribution < 1.29 is 64.2 Å². The van der Waals surface area contributed by atoms with Gasteiger partial charge < -0.3 is 55.1 Å². The number of nitrogens with one attached hydrogen (secondary N) is 1. The van der Waals surface area contributed by atoms with Crippen LogP contribution < -0.4 is 5.32 Å². The third-order valence-corrected chi connectivity index (χ3v) is 6.05. The van der Waals surface area contributed by atoms with Gasteiger partial charge >= 0.3 is 5.97 Å². The highest BCUT2D eigenvalue weighted by atomic mass is 19.1. The summed E-state index contributed by atoms with van der Waals surface area (Å²) in [5.41, 5.74) is 0.489. The maximum absolute atomic E-state index is 13.1. The number of halogens is 1. The number of hydrogen-bond acceptors (Lipinski definition) is 12. The van der Waals surface area contributed by atoms with Gasteiger partial charge in [0.25, 0.3) is 0 Å². The number of carbonyl (C=O) groups is 1. The molecule has 2 aliphatic rings. The minimum atomic E-state index is -2.45. The van der Waals surface area contributed by atoms with Crippen LogP contribution in [0.3, 0.4) is 0 Å². The zero-order valence-corrected chi connectivity index (χ0v) is 18.4. The van der Waals surface area contributed by atoms with Crippen molar-refractivity contribution in [2.45, 2.75) is 67.3 Å². The Morgan fingerprint density at radius 3 is 2.40 bits per heavy atom. The normalized spacial score (nSPS) is 38.7. The number of aliphatic hydroxyl groups excluding tert-OH is 6. The summed E-state index contributed by atoms with van der Waals surface area (Å²) in [4.78, 5) is 11.7. The smallest absolute Gasteiger partial charge is 0.321 e. The van der Waals surface area contributed by atoms with Crippen LogP contribution in [0.5, 0.6) is 0 Å². The summed E-state index contributed by atoms with van der Waals surface area (Å²) in [6, 6.07) is 3.86. The number of ether oxygens (including phenoxy) is 3. The van der Waals surface area contributed by atoms with Gasteiger partial charge in [-0.15, -0.1) is 0 Å². The molecule has 0 bridgehead atoms. The third kappa shape index (κ3) is 6.31. The summed E-state index contributed by atoms with van der Waals surface area (Å²) in [5, 5.41) is 83.1. The second kappa shape index (κ2) is 11.5. The number of carboxylic acid groups (broad SMARTS) is 1. The van der Waals surface area contributed by atoms with Crippen molar-refractivity contribution in [1.82, 2.24) is 5.32 Å². The van der Waals surface area contributed by atoms with Gasteiger partial charge in [-0.1, -0.05) is 12.1 Å². The molecule has 10 unspecified atom stereocenters. The lowest BCUT2D eigenvalue weighted by Gasteiger charge is -2.47. The molecule has 9 N–H and O–H groups in total. The average molecular weight is 507 g/mol. The first-order valence-corrected chi connectivity index (χ1v) is 10.9. The zero-order valence-electron chi connectivity index (χ0n) is 18.4. The second-order valence-electron chi connectivity index (χ2n) is 8.57. The van der Waals surface area contributed by atoms with Crippen LogP contribution in [0.4, 0.5) is 4.39 Å². The average Bonchev–Trinajstić information content (AvgIpc) is 2.83. The van der Waals surface area contributed by atoms with Gasteiger partial charge in [0, 0.05) is 0 Å². The van der Waals surface area contributed by atoms with Crippen molar-refractivity contribution in [2.24, 2.45) is 0 Å². The number of aliphatic carboxylic acids is 1. The molecule has 0 saturated carbocycles. The minimum Gasteiger partial charge on any atom is -0.480 e. The quantitative estimate of drug-likeness (QED) is 0.156. The zero-order chi connectivity index (χ0) is 25.9. The van der Waals surface area contributed by atoms with Gasteiger partial charge in [-0.05, 0) is 24.1 Å². The van der Waals surface area contributed by atoms with Crippen LogP contribution in [0.1, 0.15) is 5.56 Å². The molecule has 0 radical (unpaired) electrons. The first kappa shape index (κ1) is 27.8. The van der Waals surface area contributed by atoms with Gasteiger partial charge in [0.05, 0.1) is 19.8 Å². The molecule has 13 nitrogen and oxygen atoms in total. The number of carboxylic acids is 1. The molecule has 3 rings (SSSR count). The Hall–Kier alpha value is -1.82. The molecule has 35 heavy (non-hydrogen) atoms. The van der Waals surface area contributed by atoms with E-state index in [0.29, 0.717) is 5.56 Å². The topological polar surface area (TPSA) is 219 Å². The van der Waals surface area contributed by atoms with Crippen LogP contribution in [0.15, 0.2) is 24.3 Å². The molecular formula is C21H30FNO12. The van der Waals surface area contributed by atoms with Gasteiger partial charge in [-0.25, -0.2) is 4.39 Å². The molecule has 198 valence electrons. The molecule has 2 aliphatic heterocycles. The fourth-order valence-corrected chi connectivity index (χ4v) is 3.90. The number of hydrogen-bond donors (Lipinski definition) is 9. The first-order chi connectivity index (χ1) is 16.5. The summed E-state index contributed by atoms with van der Waals surface area (Å²) < 4.78 is 28.9. The van der Waals surface area contributed by atoms with Crippen LogP contribution in [0, 0.1) is 5.82 Å². The summed E-state index contributed by atoms with van der Waals surface area (Å²) in [6.07, 6.45) is -13.5. The van der Waals surface area contributed by atoms with Gasteiger partial charge in [-0.2, -0.15) is 0 Å². The molecule has 2 saturated heterocycles. The van der Waals surface area contributed by atoms with E-state index >= 15 is 0 Å². The van der Waals surface area contributed by atoms with E-state index in [1.807, 2.05) is 0 Å². The van der Waals surface area contributed by atoms with E-state index < -0.39 is 92.4 Å². The van der Waals surface area contributed by atoms with Gasteiger partial charge in [-0.3, -0.25) is 10.1 Å². The highest BCUT2D eigenvalue weighted by Gasteiger charge is 2.53. The van der Waals surface area contributed by atoms with Crippen LogP contribution in [-0.2, 0) is 25.4 Å². The molecule has 2 heterocycles. The predicted octanol–water partition coefficient (Wildman–Crippen LogP) is -3.96. The predicted molar refractivity (Wildman–Crippen MR) is 111 cm³/mol. The molecule has 0 aliphatic carbocycles. The lowest BCUT2D eigenvalue weighted by molar-refractivity contribution is -0.367. The van der Waals surface area contributed by atoms with E-state index in [9.17, 15) is 50.0 Å². The first-order valence-electron chi connectivity index (χ1n) is 10.9. The largest absolute Gasteiger partial charge is 0.480 e. The number of rotatable bonds is 9. The van der Waals surface area contributed by atoms with Gasteiger partial charge in [0.1, 0.15) is 54.6 Å². The Morgan fingerprint density at radius 2 is 1.80 bits per heavy atom. The fourth-order valence-electron chi connectivity index (χ4n) is 3.90. The molecule has 0 amide bonds. The molecule has 2 fully saturated rings. The van der Waals surface area contributed by atoms with E-state index in [4.69, 9.17) is 14.2 Å². The minimum absolute atomic E-state index is 0.0881. The van der Waals surface area contributed by atoms with E-state index in [1.165, 1.54) is 12.1 Å². The molecule has 1 aromatic carbocycles. The lowest BCUT2D eigenvalue weighted by atomic mass is 9.95. The van der Waals surface area contributed by atoms with Crippen molar-refractivity contribution >= 4 is 5.97 Å². The van der Waals surface area contributed by atoms with Gasteiger partial charge in [0.2, 0.25) is 5.79 Å². The van der Waals surface area contributed by atoms with Crippen molar-refractivity contribution in [3.63, 3.8) is 0 Å². The summed E-state index contributed by atoms with van der Waals surface area (Å²) in [5.74, 6) is -4.24. The SMILES string of the molecule is O=C(O)C(Cc1ccc(F)cc1)NCC1(O)OCC(O)C(OC2OC(CO)C(O)C(O)C2O)C1O. The summed E-state index contributed by atoms with van der Waals surface area (Å²) in [6.45, 7) is -1.93. The third-order valence-electron chi connectivity index (χ3n) is 6.05. The molecule has 10 atom stereocenters. The molecule has 0 aromatic heterocycles. The maximum atomic E-state index is 13.1. The lowest BCUT2D eigenvalue weighted by Crippen LogP contribution is -2.68. The van der Waals surface area contributed by atoms with Crippen LogP contribution in [0.25, 0.3) is 0 Å². The highest BCUT2D eigenvalue weighted by molar-refractivity contribution is 5.73. The van der Waals surface area contributed by atoms with Crippen molar-refractivity contribution in [3.8, 4) is 0 Å². The number of aliphatic hydroxyl groups is 7. The molecule has 0 spiro atoms. The summed E-state index contributed by atoms with van der Waals surface area (Å²) >= 11 is 0. The van der Waals surface area contributed by atoms with Gasteiger partial charge in [0.15, 0.2) is 6.29 Å². The monoisotopic (exact) mass is 507 g/mol. The molecule has 1 aromatic rings. The van der Waals surface area contributed by atoms with E-state index in [1.54, 1.807) is 0 Å². The molecule has 14 heteroatoms. The Balaban J connectivity index is 1.67. The van der Waals surface area contributed by atoms with Crippen molar-refractivity contribution in [3.05, 3.63) is 35.6 Å². The van der Waals surface area contributed by atoms with Crippen LogP contribution >= 0.6 is 0 Å². The Bertz CT molecular complexity index is 844. The van der Waals surface area contributed by atoms with E-state index in [2.05, 4.69) is 5.32 Å².